The monoisotopic (exact) mass is 312 g/mol. The van der Waals surface area contributed by atoms with Gasteiger partial charge >= 0.3 is 0 Å². The zero-order chi connectivity index (χ0) is 13.0. The Morgan fingerprint density at radius 1 is 1.56 bits per heavy atom. The average molecular weight is 313 g/mol. The average Bonchev–Trinajstić information content (AvgIpc) is 2.88. The maximum absolute atomic E-state index is 11.8. The number of hydrogen-bond acceptors (Lipinski definition) is 5. The van der Waals surface area contributed by atoms with Gasteiger partial charge in [0, 0.05) is 19.5 Å². The quantitative estimate of drug-likeness (QED) is 0.852. The SMILES string of the molecule is CCn1ncc(NCCc2ncn[nH]2)c(Br)c1=O. The highest BCUT2D eigenvalue weighted by molar-refractivity contribution is 9.10. The number of aryl methyl sites for hydroxylation is 1. The van der Waals surface area contributed by atoms with Crippen molar-refractivity contribution in [3.63, 3.8) is 0 Å². The molecule has 0 aromatic carbocycles. The van der Waals surface area contributed by atoms with Crippen molar-refractivity contribution in [1.29, 1.82) is 0 Å². The molecule has 0 bridgehead atoms. The first-order valence-corrected chi connectivity index (χ1v) is 6.35. The van der Waals surface area contributed by atoms with Gasteiger partial charge in [-0.3, -0.25) is 9.89 Å². The van der Waals surface area contributed by atoms with E-state index in [1.54, 1.807) is 6.20 Å². The summed E-state index contributed by atoms with van der Waals surface area (Å²) in [6.45, 7) is 3.07. The molecule has 96 valence electrons. The first-order chi connectivity index (χ1) is 8.72. The Morgan fingerprint density at radius 2 is 2.39 bits per heavy atom. The summed E-state index contributed by atoms with van der Waals surface area (Å²) in [7, 11) is 0. The summed E-state index contributed by atoms with van der Waals surface area (Å²) < 4.78 is 1.89. The summed E-state index contributed by atoms with van der Waals surface area (Å²) >= 11 is 3.28. The van der Waals surface area contributed by atoms with Gasteiger partial charge in [0.2, 0.25) is 0 Å². The molecule has 0 aliphatic heterocycles. The van der Waals surface area contributed by atoms with Gasteiger partial charge in [-0.1, -0.05) is 0 Å². The summed E-state index contributed by atoms with van der Waals surface area (Å²) in [5, 5.41) is 13.7. The molecule has 0 fully saturated rings. The predicted molar refractivity (Wildman–Crippen MR) is 70.4 cm³/mol. The molecule has 8 heteroatoms. The summed E-state index contributed by atoms with van der Waals surface area (Å²) in [6.07, 6.45) is 3.80. The van der Waals surface area contributed by atoms with E-state index in [0.717, 1.165) is 5.82 Å². The van der Waals surface area contributed by atoms with Crippen molar-refractivity contribution in [3.05, 3.63) is 33.2 Å². The second kappa shape index (κ2) is 5.76. The molecule has 2 rings (SSSR count). The number of rotatable bonds is 5. The third-order valence-corrected chi connectivity index (χ3v) is 3.19. The predicted octanol–water partition coefficient (Wildman–Crippen LogP) is 0.798. The maximum Gasteiger partial charge on any atom is 0.283 e. The Kier molecular flexibility index (Phi) is 4.08. The molecule has 0 radical (unpaired) electrons. The summed E-state index contributed by atoms with van der Waals surface area (Å²) in [6, 6.07) is 0. The standard InChI is InChI=1S/C10H13BrN6O/c1-2-17-10(18)9(11)7(5-15-17)12-4-3-8-13-6-14-16-8/h5-6,12H,2-4H2,1H3,(H,13,14,16). The number of H-pyrrole nitrogens is 1. The molecule has 2 aromatic heterocycles. The van der Waals surface area contributed by atoms with Crippen LogP contribution in [0.15, 0.2) is 21.8 Å². The van der Waals surface area contributed by atoms with Crippen LogP contribution in [0.25, 0.3) is 0 Å². The van der Waals surface area contributed by atoms with Crippen molar-refractivity contribution in [1.82, 2.24) is 25.0 Å². The molecule has 2 N–H and O–H groups in total. The Morgan fingerprint density at radius 3 is 3.06 bits per heavy atom. The van der Waals surface area contributed by atoms with Crippen LogP contribution in [0, 0.1) is 0 Å². The molecule has 2 heterocycles. The van der Waals surface area contributed by atoms with Gasteiger partial charge in [0.05, 0.1) is 11.9 Å². The van der Waals surface area contributed by atoms with E-state index in [1.165, 1.54) is 11.0 Å². The van der Waals surface area contributed by atoms with Gasteiger partial charge in [0.1, 0.15) is 16.6 Å². The molecule has 0 unspecified atom stereocenters. The summed E-state index contributed by atoms with van der Waals surface area (Å²) in [4.78, 5) is 15.8. The van der Waals surface area contributed by atoms with Crippen LogP contribution in [0.3, 0.4) is 0 Å². The van der Waals surface area contributed by atoms with Crippen LogP contribution in [-0.4, -0.2) is 31.5 Å². The van der Waals surface area contributed by atoms with E-state index >= 15 is 0 Å². The third-order valence-electron chi connectivity index (χ3n) is 2.43. The fourth-order valence-corrected chi connectivity index (χ4v) is 1.93. The van der Waals surface area contributed by atoms with Gasteiger partial charge in [-0.25, -0.2) is 9.67 Å². The van der Waals surface area contributed by atoms with Crippen LogP contribution >= 0.6 is 15.9 Å². The molecule has 0 spiro atoms. The van der Waals surface area contributed by atoms with Gasteiger partial charge in [0.15, 0.2) is 0 Å². The van der Waals surface area contributed by atoms with E-state index in [2.05, 4.69) is 41.5 Å². The fourth-order valence-electron chi connectivity index (χ4n) is 1.48. The highest BCUT2D eigenvalue weighted by Crippen LogP contribution is 2.15. The molecule has 0 amide bonds. The van der Waals surface area contributed by atoms with Gasteiger partial charge in [-0.05, 0) is 22.9 Å². The van der Waals surface area contributed by atoms with Gasteiger partial charge in [-0.15, -0.1) is 0 Å². The van der Waals surface area contributed by atoms with E-state index < -0.39 is 0 Å². The van der Waals surface area contributed by atoms with E-state index in [-0.39, 0.29) is 5.56 Å². The Labute approximate surface area is 112 Å². The largest absolute Gasteiger partial charge is 0.382 e. The second-order valence-corrected chi connectivity index (χ2v) is 4.40. The van der Waals surface area contributed by atoms with E-state index in [9.17, 15) is 4.79 Å². The van der Waals surface area contributed by atoms with Crippen molar-refractivity contribution < 1.29 is 0 Å². The minimum atomic E-state index is -0.137. The van der Waals surface area contributed by atoms with E-state index in [0.29, 0.717) is 29.7 Å². The zero-order valence-electron chi connectivity index (χ0n) is 9.85. The highest BCUT2D eigenvalue weighted by atomic mass is 79.9. The number of aromatic nitrogens is 5. The molecule has 18 heavy (non-hydrogen) atoms. The Bertz CT molecular complexity index is 564. The number of hydrogen-bond donors (Lipinski definition) is 2. The van der Waals surface area contributed by atoms with Crippen LogP contribution in [0.5, 0.6) is 0 Å². The Hall–Kier alpha value is -1.70. The molecule has 0 saturated heterocycles. The fraction of sp³-hybridized carbons (Fsp3) is 0.400. The molecule has 7 nitrogen and oxygen atoms in total. The van der Waals surface area contributed by atoms with Crippen molar-refractivity contribution >= 4 is 21.6 Å². The molecule has 0 aliphatic carbocycles. The molecular weight excluding hydrogens is 300 g/mol. The first kappa shape index (κ1) is 12.7. The minimum Gasteiger partial charge on any atom is -0.382 e. The van der Waals surface area contributed by atoms with Crippen LogP contribution in [-0.2, 0) is 13.0 Å². The molecule has 0 saturated carbocycles. The van der Waals surface area contributed by atoms with Crippen molar-refractivity contribution in [3.8, 4) is 0 Å². The lowest BCUT2D eigenvalue weighted by Crippen LogP contribution is -2.24. The van der Waals surface area contributed by atoms with Crippen LogP contribution < -0.4 is 10.9 Å². The topological polar surface area (TPSA) is 88.5 Å². The third kappa shape index (κ3) is 2.76. The normalized spacial score (nSPS) is 10.6. The number of anilines is 1. The van der Waals surface area contributed by atoms with Crippen molar-refractivity contribution in [2.24, 2.45) is 0 Å². The zero-order valence-corrected chi connectivity index (χ0v) is 11.4. The Balaban J connectivity index is 2.02. The smallest absolute Gasteiger partial charge is 0.283 e. The van der Waals surface area contributed by atoms with Gasteiger partial charge < -0.3 is 5.32 Å². The first-order valence-electron chi connectivity index (χ1n) is 5.56. The lowest BCUT2D eigenvalue weighted by Gasteiger charge is -2.08. The van der Waals surface area contributed by atoms with Crippen molar-refractivity contribution in [2.45, 2.75) is 19.9 Å². The number of nitrogens with zero attached hydrogens (tertiary/aromatic N) is 4. The summed E-state index contributed by atoms with van der Waals surface area (Å²) in [5.41, 5.74) is 0.548. The lowest BCUT2D eigenvalue weighted by atomic mass is 10.4. The minimum absolute atomic E-state index is 0.137. The van der Waals surface area contributed by atoms with Gasteiger partial charge in [-0.2, -0.15) is 10.2 Å². The van der Waals surface area contributed by atoms with Gasteiger partial charge in [0.25, 0.3) is 5.56 Å². The van der Waals surface area contributed by atoms with Crippen LogP contribution in [0.4, 0.5) is 5.69 Å². The van der Waals surface area contributed by atoms with E-state index in [1.807, 2.05) is 6.92 Å². The molecule has 0 aliphatic rings. The van der Waals surface area contributed by atoms with Crippen LogP contribution in [0.1, 0.15) is 12.7 Å². The number of aromatic amines is 1. The van der Waals surface area contributed by atoms with Crippen LogP contribution in [0.2, 0.25) is 0 Å². The number of halogens is 1. The van der Waals surface area contributed by atoms with Crippen molar-refractivity contribution in [2.75, 3.05) is 11.9 Å². The van der Waals surface area contributed by atoms with E-state index in [4.69, 9.17) is 0 Å². The number of nitrogens with one attached hydrogen (secondary N) is 2. The molecular formula is C10H13BrN6O. The highest BCUT2D eigenvalue weighted by Gasteiger charge is 2.07. The summed E-state index contributed by atoms with van der Waals surface area (Å²) in [5.74, 6) is 0.800. The molecule has 2 aromatic rings. The molecule has 0 atom stereocenters. The second-order valence-electron chi connectivity index (χ2n) is 3.60. The lowest BCUT2D eigenvalue weighted by molar-refractivity contribution is 0.613. The maximum atomic E-state index is 11.8.